The summed E-state index contributed by atoms with van der Waals surface area (Å²) in [6.45, 7) is 6.12. The maximum Gasteiger partial charge on any atom is 0.0985 e. The Hall–Kier alpha value is -0.520. The Morgan fingerprint density at radius 2 is 2.27 bits per heavy atom. The molecule has 0 fully saturated rings. The zero-order valence-electron chi connectivity index (χ0n) is 9.58. The Balaban J connectivity index is 2.80. The molecule has 1 heterocycles. The lowest BCUT2D eigenvalue weighted by Crippen LogP contribution is -2.13. The van der Waals surface area contributed by atoms with Crippen LogP contribution in [0.1, 0.15) is 18.2 Å². The lowest BCUT2D eigenvalue weighted by atomic mass is 10.2. The Bertz CT molecular complexity index is 283. The van der Waals surface area contributed by atoms with E-state index in [0.717, 1.165) is 29.6 Å². The van der Waals surface area contributed by atoms with Crippen molar-refractivity contribution in [3.63, 3.8) is 0 Å². The molecule has 0 aromatic carbocycles. The molecule has 0 saturated heterocycles. The third-order valence-electron chi connectivity index (χ3n) is 2.17. The molecule has 0 amide bonds. The SMILES string of the molecule is CCNCc1c(C)nn(C)c1SCCO. The molecule has 0 aliphatic carbocycles. The summed E-state index contributed by atoms with van der Waals surface area (Å²) >= 11 is 1.66. The summed E-state index contributed by atoms with van der Waals surface area (Å²) in [6, 6.07) is 0. The van der Waals surface area contributed by atoms with E-state index in [0.29, 0.717) is 0 Å². The molecular weight excluding hydrogens is 210 g/mol. The molecule has 86 valence electrons. The molecule has 2 N–H and O–H groups in total. The van der Waals surface area contributed by atoms with E-state index in [-0.39, 0.29) is 6.61 Å². The number of aryl methyl sites for hydroxylation is 2. The summed E-state index contributed by atoms with van der Waals surface area (Å²) in [7, 11) is 1.95. The average molecular weight is 229 g/mol. The summed E-state index contributed by atoms with van der Waals surface area (Å²) in [4.78, 5) is 0. The van der Waals surface area contributed by atoms with Crippen LogP contribution in [-0.4, -0.2) is 33.8 Å². The predicted octanol–water partition coefficient (Wildman–Crippen LogP) is 0.922. The zero-order valence-corrected chi connectivity index (χ0v) is 10.4. The van der Waals surface area contributed by atoms with E-state index < -0.39 is 0 Å². The monoisotopic (exact) mass is 229 g/mol. The first-order valence-electron chi connectivity index (χ1n) is 5.17. The van der Waals surface area contributed by atoms with E-state index in [1.165, 1.54) is 5.56 Å². The molecule has 0 spiro atoms. The van der Waals surface area contributed by atoms with E-state index in [4.69, 9.17) is 5.11 Å². The molecule has 1 aromatic heterocycles. The minimum atomic E-state index is 0.204. The van der Waals surface area contributed by atoms with E-state index in [9.17, 15) is 0 Å². The number of aliphatic hydroxyl groups is 1. The number of nitrogens with one attached hydrogen (secondary N) is 1. The van der Waals surface area contributed by atoms with Crippen molar-refractivity contribution in [3.8, 4) is 0 Å². The van der Waals surface area contributed by atoms with Gasteiger partial charge in [-0.2, -0.15) is 5.10 Å². The molecule has 0 unspecified atom stereocenters. The average Bonchev–Trinajstić information content (AvgIpc) is 2.47. The Labute approximate surface area is 95.1 Å². The highest BCUT2D eigenvalue weighted by atomic mass is 32.2. The predicted molar refractivity (Wildman–Crippen MR) is 63.1 cm³/mol. The van der Waals surface area contributed by atoms with Crippen LogP contribution < -0.4 is 5.32 Å². The number of rotatable bonds is 6. The fourth-order valence-corrected chi connectivity index (χ4v) is 2.36. The van der Waals surface area contributed by atoms with Gasteiger partial charge < -0.3 is 10.4 Å². The minimum absolute atomic E-state index is 0.204. The number of thioether (sulfide) groups is 1. The van der Waals surface area contributed by atoms with Crippen LogP contribution in [0.15, 0.2) is 5.03 Å². The molecule has 15 heavy (non-hydrogen) atoms. The second-order valence-corrected chi connectivity index (χ2v) is 4.43. The van der Waals surface area contributed by atoms with Crippen LogP contribution in [0.5, 0.6) is 0 Å². The molecule has 0 saturated carbocycles. The van der Waals surface area contributed by atoms with Crippen LogP contribution >= 0.6 is 11.8 Å². The van der Waals surface area contributed by atoms with Crippen molar-refractivity contribution in [2.24, 2.45) is 7.05 Å². The van der Waals surface area contributed by atoms with Gasteiger partial charge in [-0.25, -0.2) is 0 Å². The fraction of sp³-hybridized carbons (Fsp3) is 0.700. The van der Waals surface area contributed by atoms with E-state index in [2.05, 4.69) is 17.3 Å². The van der Waals surface area contributed by atoms with Gasteiger partial charge in [0, 0.05) is 24.9 Å². The molecular formula is C10H19N3OS. The maximum atomic E-state index is 8.83. The largest absolute Gasteiger partial charge is 0.396 e. The minimum Gasteiger partial charge on any atom is -0.396 e. The van der Waals surface area contributed by atoms with Crippen molar-refractivity contribution < 1.29 is 5.11 Å². The number of hydrogen-bond acceptors (Lipinski definition) is 4. The molecule has 5 heteroatoms. The molecule has 0 radical (unpaired) electrons. The van der Waals surface area contributed by atoms with Crippen LogP contribution in [-0.2, 0) is 13.6 Å². The van der Waals surface area contributed by atoms with Gasteiger partial charge in [-0.1, -0.05) is 6.92 Å². The van der Waals surface area contributed by atoms with Gasteiger partial charge in [0.05, 0.1) is 17.3 Å². The standard InChI is InChI=1S/C10H19N3OS/c1-4-11-7-9-8(2)12-13(3)10(9)15-6-5-14/h11,14H,4-7H2,1-3H3. The fourth-order valence-electron chi connectivity index (χ4n) is 1.46. The van der Waals surface area contributed by atoms with Gasteiger partial charge in [-0.15, -0.1) is 11.8 Å². The smallest absolute Gasteiger partial charge is 0.0985 e. The number of hydrogen-bond donors (Lipinski definition) is 2. The van der Waals surface area contributed by atoms with Crippen LogP contribution in [0.25, 0.3) is 0 Å². The molecule has 0 aliphatic rings. The van der Waals surface area contributed by atoms with Crippen LogP contribution in [0.4, 0.5) is 0 Å². The highest BCUT2D eigenvalue weighted by molar-refractivity contribution is 7.99. The normalized spacial score (nSPS) is 10.9. The quantitative estimate of drug-likeness (QED) is 0.712. The first-order chi connectivity index (χ1) is 7.20. The van der Waals surface area contributed by atoms with Crippen molar-refractivity contribution in [2.45, 2.75) is 25.4 Å². The number of nitrogens with zero attached hydrogens (tertiary/aromatic N) is 2. The van der Waals surface area contributed by atoms with Gasteiger partial charge in [-0.05, 0) is 13.5 Å². The Morgan fingerprint density at radius 3 is 2.87 bits per heavy atom. The molecule has 0 atom stereocenters. The zero-order chi connectivity index (χ0) is 11.3. The third kappa shape index (κ3) is 3.22. The van der Waals surface area contributed by atoms with Crippen molar-refractivity contribution in [2.75, 3.05) is 18.9 Å². The van der Waals surface area contributed by atoms with Gasteiger partial charge >= 0.3 is 0 Å². The molecule has 1 aromatic rings. The van der Waals surface area contributed by atoms with E-state index in [1.54, 1.807) is 11.8 Å². The van der Waals surface area contributed by atoms with E-state index >= 15 is 0 Å². The molecule has 4 nitrogen and oxygen atoms in total. The topological polar surface area (TPSA) is 50.1 Å². The number of aliphatic hydroxyl groups excluding tert-OH is 1. The molecule has 0 bridgehead atoms. The number of aromatic nitrogens is 2. The lowest BCUT2D eigenvalue weighted by molar-refractivity contribution is 0.322. The summed E-state index contributed by atoms with van der Waals surface area (Å²) in [5.41, 5.74) is 2.32. The first kappa shape index (κ1) is 12.5. The van der Waals surface area contributed by atoms with Gasteiger partial charge in [0.1, 0.15) is 0 Å². The van der Waals surface area contributed by atoms with Crippen molar-refractivity contribution in [1.82, 2.24) is 15.1 Å². The van der Waals surface area contributed by atoms with Crippen molar-refractivity contribution in [3.05, 3.63) is 11.3 Å². The van der Waals surface area contributed by atoms with Crippen molar-refractivity contribution >= 4 is 11.8 Å². The van der Waals surface area contributed by atoms with E-state index in [1.807, 2.05) is 18.7 Å². The third-order valence-corrected chi connectivity index (χ3v) is 3.34. The summed E-state index contributed by atoms with van der Waals surface area (Å²) in [5, 5.41) is 17.7. The van der Waals surface area contributed by atoms with Gasteiger partial charge in [0.25, 0.3) is 0 Å². The molecule has 0 aliphatic heterocycles. The van der Waals surface area contributed by atoms with Crippen LogP contribution in [0.3, 0.4) is 0 Å². The van der Waals surface area contributed by atoms with Gasteiger partial charge in [0.2, 0.25) is 0 Å². The van der Waals surface area contributed by atoms with Crippen LogP contribution in [0.2, 0.25) is 0 Å². The summed E-state index contributed by atoms with van der Waals surface area (Å²) < 4.78 is 1.89. The highest BCUT2D eigenvalue weighted by Crippen LogP contribution is 2.24. The van der Waals surface area contributed by atoms with Crippen LogP contribution in [0, 0.1) is 6.92 Å². The summed E-state index contributed by atoms with van der Waals surface area (Å²) in [6.07, 6.45) is 0. The second-order valence-electron chi connectivity index (χ2n) is 3.35. The highest BCUT2D eigenvalue weighted by Gasteiger charge is 2.12. The Kier molecular flexibility index (Phi) is 5.14. The van der Waals surface area contributed by atoms with Crippen molar-refractivity contribution in [1.29, 1.82) is 0 Å². The first-order valence-corrected chi connectivity index (χ1v) is 6.16. The lowest BCUT2D eigenvalue weighted by Gasteiger charge is -2.05. The Morgan fingerprint density at radius 1 is 1.53 bits per heavy atom. The summed E-state index contributed by atoms with van der Waals surface area (Å²) in [5.74, 6) is 0.720. The second kappa shape index (κ2) is 6.15. The van der Waals surface area contributed by atoms with Gasteiger partial charge in [-0.3, -0.25) is 4.68 Å². The van der Waals surface area contributed by atoms with Gasteiger partial charge in [0.15, 0.2) is 0 Å². The molecule has 1 rings (SSSR count). The maximum absolute atomic E-state index is 8.83.